The summed E-state index contributed by atoms with van der Waals surface area (Å²) in [6.07, 6.45) is -0.413. The lowest BCUT2D eigenvalue weighted by molar-refractivity contribution is -0.109. The zero-order valence-electron chi connectivity index (χ0n) is 11.4. The molecule has 18 heavy (non-hydrogen) atoms. The molecule has 1 aliphatic heterocycles. The van der Waals surface area contributed by atoms with Gasteiger partial charge in [0.05, 0.1) is 19.3 Å². The SMILES string of the molecule is CC(=O)SC[C@H]1CN(C(=O)OC(C)(C)C)CCO1. The first-order valence-electron chi connectivity index (χ1n) is 6.01. The molecule has 0 bridgehead atoms. The van der Waals surface area contributed by atoms with Crippen molar-refractivity contribution in [1.29, 1.82) is 0 Å². The number of carbonyl (C=O) groups excluding carboxylic acids is 2. The first-order chi connectivity index (χ1) is 8.28. The zero-order chi connectivity index (χ0) is 13.8. The first kappa shape index (κ1) is 15.3. The van der Waals surface area contributed by atoms with Crippen molar-refractivity contribution in [2.75, 3.05) is 25.4 Å². The largest absolute Gasteiger partial charge is 0.444 e. The van der Waals surface area contributed by atoms with Crippen molar-refractivity contribution in [1.82, 2.24) is 4.90 Å². The van der Waals surface area contributed by atoms with E-state index < -0.39 is 5.60 Å². The molecule has 6 heteroatoms. The van der Waals surface area contributed by atoms with E-state index in [1.54, 1.807) is 4.90 Å². The molecular formula is C12H21NO4S. The monoisotopic (exact) mass is 275 g/mol. The summed E-state index contributed by atoms with van der Waals surface area (Å²) in [6, 6.07) is 0. The van der Waals surface area contributed by atoms with Crippen LogP contribution in [0.5, 0.6) is 0 Å². The highest BCUT2D eigenvalue weighted by molar-refractivity contribution is 8.13. The number of nitrogens with zero attached hydrogens (tertiary/aromatic N) is 1. The molecule has 0 spiro atoms. The topological polar surface area (TPSA) is 55.8 Å². The molecule has 0 N–H and O–H groups in total. The van der Waals surface area contributed by atoms with Gasteiger partial charge in [-0.05, 0) is 20.8 Å². The highest BCUT2D eigenvalue weighted by Gasteiger charge is 2.28. The molecule has 1 saturated heterocycles. The summed E-state index contributed by atoms with van der Waals surface area (Å²) >= 11 is 1.22. The van der Waals surface area contributed by atoms with Gasteiger partial charge in [0, 0.05) is 19.2 Å². The highest BCUT2D eigenvalue weighted by atomic mass is 32.2. The van der Waals surface area contributed by atoms with Crippen LogP contribution in [0.4, 0.5) is 4.79 Å². The number of thioether (sulfide) groups is 1. The number of ether oxygens (including phenoxy) is 2. The van der Waals surface area contributed by atoms with E-state index in [2.05, 4.69) is 0 Å². The summed E-state index contributed by atoms with van der Waals surface area (Å²) in [5.74, 6) is 0.578. The van der Waals surface area contributed by atoms with Crippen LogP contribution in [-0.2, 0) is 14.3 Å². The third-order valence-electron chi connectivity index (χ3n) is 2.26. The van der Waals surface area contributed by atoms with Crippen LogP contribution >= 0.6 is 11.8 Å². The van der Waals surface area contributed by atoms with Gasteiger partial charge in [-0.2, -0.15) is 0 Å². The minimum Gasteiger partial charge on any atom is -0.444 e. The van der Waals surface area contributed by atoms with E-state index in [4.69, 9.17) is 9.47 Å². The Morgan fingerprint density at radius 2 is 2.11 bits per heavy atom. The summed E-state index contributed by atoms with van der Waals surface area (Å²) in [4.78, 5) is 24.4. The van der Waals surface area contributed by atoms with Gasteiger partial charge in [-0.25, -0.2) is 4.79 Å². The molecule has 0 aromatic carbocycles. The van der Waals surface area contributed by atoms with Gasteiger partial charge < -0.3 is 14.4 Å². The Morgan fingerprint density at radius 1 is 1.44 bits per heavy atom. The molecule has 0 saturated carbocycles. The molecular weight excluding hydrogens is 254 g/mol. The minimum atomic E-state index is -0.487. The van der Waals surface area contributed by atoms with Crippen LogP contribution in [0.25, 0.3) is 0 Å². The van der Waals surface area contributed by atoms with Crippen LogP contribution in [0.15, 0.2) is 0 Å². The molecule has 104 valence electrons. The van der Waals surface area contributed by atoms with Gasteiger partial charge in [0.2, 0.25) is 0 Å². The number of hydrogen-bond donors (Lipinski definition) is 0. The average Bonchev–Trinajstić information content (AvgIpc) is 2.24. The molecule has 1 rings (SSSR count). The predicted molar refractivity (Wildman–Crippen MR) is 70.7 cm³/mol. The quantitative estimate of drug-likeness (QED) is 0.770. The van der Waals surface area contributed by atoms with E-state index >= 15 is 0 Å². The smallest absolute Gasteiger partial charge is 0.410 e. The Morgan fingerprint density at radius 3 is 2.67 bits per heavy atom. The molecule has 1 amide bonds. The molecule has 1 fully saturated rings. The van der Waals surface area contributed by atoms with Crippen LogP contribution in [0.1, 0.15) is 27.7 Å². The van der Waals surface area contributed by atoms with Gasteiger partial charge in [-0.1, -0.05) is 11.8 Å². The van der Waals surface area contributed by atoms with E-state index in [0.717, 1.165) is 0 Å². The maximum atomic E-state index is 11.9. The fraction of sp³-hybridized carbons (Fsp3) is 0.833. The number of morpholine rings is 1. The van der Waals surface area contributed by atoms with Crippen LogP contribution in [0.3, 0.4) is 0 Å². The molecule has 1 aliphatic rings. The van der Waals surface area contributed by atoms with Crippen LogP contribution in [0, 0.1) is 0 Å². The highest BCUT2D eigenvalue weighted by Crippen LogP contribution is 2.15. The number of carbonyl (C=O) groups is 2. The van der Waals surface area contributed by atoms with Crippen molar-refractivity contribution >= 4 is 23.0 Å². The lowest BCUT2D eigenvalue weighted by Gasteiger charge is -2.34. The second kappa shape index (κ2) is 6.43. The van der Waals surface area contributed by atoms with Gasteiger partial charge in [0.25, 0.3) is 0 Å². The van der Waals surface area contributed by atoms with Crippen molar-refractivity contribution in [2.45, 2.75) is 39.4 Å². The summed E-state index contributed by atoms with van der Waals surface area (Å²) in [6.45, 7) is 8.56. The number of rotatable bonds is 2. The second-order valence-corrected chi connectivity index (χ2v) is 6.42. The predicted octanol–water partition coefficient (Wildman–Crippen LogP) is 1.90. The van der Waals surface area contributed by atoms with E-state index in [0.29, 0.717) is 25.4 Å². The van der Waals surface area contributed by atoms with Crippen molar-refractivity contribution < 1.29 is 19.1 Å². The average molecular weight is 275 g/mol. The molecule has 0 aromatic heterocycles. The van der Waals surface area contributed by atoms with E-state index in [9.17, 15) is 9.59 Å². The molecule has 0 unspecified atom stereocenters. The first-order valence-corrected chi connectivity index (χ1v) is 6.99. The van der Waals surface area contributed by atoms with Crippen LogP contribution in [-0.4, -0.2) is 53.3 Å². The second-order valence-electron chi connectivity index (χ2n) is 5.22. The number of amides is 1. The third kappa shape index (κ3) is 5.73. The Hall–Kier alpha value is -0.750. The standard InChI is InChI=1S/C12H21NO4S/c1-9(14)18-8-10-7-13(5-6-16-10)11(15)17-12(2,3)4/h10H,5-8H2,1-4H3/t10-/m1/s1. The molecule has 0 aliphatic carbocycles. The van der Waals surface area contributed by atoms with Gasteiger partial charge in [-0.15, -0.1) is 0 Å². The van der Waals surface area contributed by atoms with Crippen molar-refractivity contribution in [2.24, 2.45) is 0 Å². The summed E-state index contributed by atoms with van der Waals surface area (Å²) < 4.78 is 10.8. The zero-order valence-corrected chi connectivity index (χ0v) is 12.2. The number of hydrogen-bond acceptors (Lipinski definition) is 5. The Labute approximate surface area is 112 Å². The molecule has 5 nitrogen and oxygen atoms in total. The van der Waals surface area contributed by atoms with E-state index in [1.807, 2.05) is 20.8 Å². The minimum absolute atomic E-state index is 0.0630. The summed E-state index contributed by atoms with van der Waals surface area (Å²) in [5, 5.41) is 0.0630. The van der Waals surface area contributed by atoms with Gasteiger partial charge >= 0.3 is 6.09 Å². The van der Waals surface area contributed by atoms with Crippen molar-refractivity contribution in [3.63, 3.8) is 0 Å². The fourth-order valence-corrected chi connectivity index (χ4v) is 2.15. The molecule has 0 radical (unpaired) electrons. The van der Waals surface area contributed by atoms with Gasteiger partial charge in [0.15, 0.2) is 5.12 Å². The Kier molecular flexibility index (Phi) is 5.47. The lowest BCUT2D eigenvalue weighted by Crippen LogP contribution is -2.48. The molecule has 1 atom stereocenters. The Bertz CT molecular complexity index is 314. The van der Waals surface area contributed by atoms with Gasteiger partial charge in [0.1, 0.15) is 5.60 Å². The van der Waals surface area contributed by atoms with Gasteiger partial charge in [-0.3, -0.25) is 4.79 Å². The normalized spacial score (nSPS) is 20.7. The van der Waals surface area contributed by atoms with Crippen molar-refractivity contribution in [3.8, 4) is 0 Å². The maximum absolute atomic E-state index is 11.9. The molecule has 1 heterocycles. The lowest BCUT2D eigenvalue weighted by atomic mass is 10.2. The summed E-state index contributed by atoms with van der Waals surface area (Å²) in [5.41, 5.74) is -0.487. The van der Waals surface area contributed by atoms with Crippen molar-refractivity contribution in [3.05, 3.63) is 0 Å². The Balaban J connectivity index is 2.43. The van der Waals surface area contributed by atoms with Crippen LogP contribution < -0.4 is 0 Å². The fourth-order valence-electron chi connectivity index (χ4n) is 1.52. The third-order valence-corrected chi connectivity index (χ3v) is 3.21. The summed E-state index contributed by atoms with van der Waals surface area (Å²) in [7, 11) is 0. The van der Waals surface area contributed by atoms with E-state index in [-0.39, 0.29) is 17.3 Å². The van der Waals surface area contributed by atoms with Crippen LogP contribution in [0.2, 0.25) is 0 Å². The molecule has 0 aromatic rings. The maximum Gasteiger partial charge on any atom is 0.410 e. The van der Waals surface area contributed by atoms with E-state index in [1.165, 1.54) is 18.7 Å².